The van der Waals surface area contributed by atoms with Gasteiger partial charge in [-0.25, -0.2) is 9.18 Å². The number of aliphatic hydroxyl groups is 1. The van der Waals surface area contributed by atoms with Crippen molar-refractivity contribution >= 4 is 69.4 Å². The molecular formula is C41H51ClFN7O9S. The Kier molecular flexibility index (Phi) is 13.6. The van der Waals surface area contributed by atoms with Crippen molar-refractivity contribution in [3.05, 3.63) is 64.4 Å². The van der Waals surface area contributed by atoms with Crippen molar-refractivity contribution in [3.63, 3.8) is 0 Å². The third-order valence-corrected chi connectivity index (χ3v) is 13.2. The molecule has 16 nitrogen and oxygen atoms in total. The lowest BCUT2D eigenvalue weighted by molar-refractivity contribution is -0.150. The SMILES string of the molecule is Cc1cccc(C[C@H](NC(=O)Nc2ccc(Cl)cc2F)C(=O)N[C@H](C(=O)N2CCC[C@H]2C(=O)N2CCS(=O)C[C@H]2C(=O)N[C@@H](C)C(=O)N2C[C@H](C)C[C@]23CC3=O)[C@H](C)O)c1. The van der Waals surface area contributed by atoms with Crippen molar-refractivity contribution in [2.45, 2.75) is 102 Å². The van der Waals surface area contributed by atoms with Gasteiger partial charge in [0.2, 0.25) is 29.5 Å². The maximum Gasteiger partial charge on any atom is 0.319 e. The predicted molar refractivity (Wildman–Crippen MR) is 219 cm³/mol. The number of benzene rings is 2. The summed E-state index contributed by atoms with van der Waals surface area (Å²) in [7, 11) is -1.46. The van der Waals surface area contributed by atoms with Crippen LogP contribution in [0.5, 0.6) is 0 Å². The molecule has 3 aliphatic heterocycles. The van der Waals surface area contributed by atoms with E-state index in [4.69, 9.17) is 11.6 Å². The van der Waals surface area contributed by atoms with E-state index in [1.54, 1.807) is 18.2 Å². The number of urea groups is 1. The van der Waals surface area contributed by atoms with Crippen molar-refractivity contribution in [2.75, 3.05) is 36.5 Å². The number of hydrogen-bond donors (Lipinski definition) is 5. The van der Waals surface area contributed by atoms with Crippen LogP contribution in [0.3, 0.4) is 0 Å². The number of nitrogens with one attached hydrogen (secondary N) is 4. The maximum absolute atomic E-state index is 14.5. The maximum atomic E-state index is 14.5. The molecule has 0 radical (unpaired) electrons. The molecule has 3 saturated heterocycles. The van der Waals surface area contributed by atoms with Crippen molar-refractivity contribution in [3.8, 4) is 0 Å². The summed E-state index contributed by atoms with van der Waals surface area (Å²) in [6.07, 6.45) is -0.0785. The van der Waals surface area contributed by atoms with Crippen molar-refractivity contribution in [1.29, 1.82) is 0 Å². The molecule has 1 saturated carbocycles. The fraction of sp³-hybridized carbons (Fsp3) is 0.537. The van der Waals surface area contributed by atoms with Crippen LogP contribution in [0.4, 0.5) is 14.9 Å². The van der Waals surface area contributed by atoms with Gasteiger partial charge in [-0.3, -0.25) is 33.0 Å². The highest BCUT2D eigenvalue weighted by molar-refractivity contribution is 7.85. The van der Waals surface area contributed by atoms with E-state index in [2.05, 4.69) is 21.3 Å². The van der Waals surface area contributed by atoms with Gasteiger partial charge in [0.05, 0.1) is 17.5 Å². The summed E-state index contributed by atoms with van der Waals surface area (Å²) < 4.78 is 27.3. The zero-order valence-electron chi connectivity index (χ0n) is 33.9. The van der Waals surface area contributed by atoms with Gasteiger partial charge in [-0.1, -0.05) is 48.4 Å². The van der Waals surface area contributed by atoms with Crippen LogP contribution in [-0.2, 0) is 46.0 Å². The summed E-state index contributed by atoms with van der Waals surface area (Å²) in [4.78, 5) is 99.2. The van der Waals surface area contributed by atoms with E-state index < -0.39 is 94.0 Å². The van der Waals surface area contributed by atoms with Crippen LogP contribution in [-0.4, -0.2) is 138 Å². The molecule has 5 N–H and O–H groups in total. The molecule has 9 atom stereocenters. The minimum atomic E-state index is -1.57. The Morgan fingerprint density at radius 3 is 2.40 bits per heavy atom. The topological polar surface area (TPSA) is 215 Å². The molecule has 1 spiro atoms. The minimum absolute atomic E-state index is 0.0135. The van der Waals surface area contributed by atoms with Gasteiger partial charge in [0, 0.05) is 54.1 Å². The second-order valence-corrected chi connectivity index (χ2v) is 18.4. The smallest absolute Gasteiger partial charge is 0.319 e. The van der Waals surface area contributed by atoms with E-state index in [9.17, 15) is 47.3 Å². The lowest BCUT2D eigenvalue weighted by atomic mass is 10.0. The Morgan fingerprint density at radius 1 is 1.00 bits per heavy atom. The molecule has 2 aromatic carbocycles. The number of ketones is 1. The molecule has 19 heteroatoms. The average Bonchev–Trinajstić information content (AvgIpc) is 3.46. The van der Waals surface area contributed by atoms with Crippen LogP contribution in [0, 0.1) is 18.7 Å². The number of carbonyl (C=O) groups excluding carboxylic acids is 7. The Labute approximate surface area is 354 Å². The molecule has 4 fully saturated rings. The number of halogens is 2. The Balaban J connectivity index is 1.15. The number of aryl methyl sites for hydroxylation is 1. The highest BCUT2D eigenvalue weighted by Gasteiger charge is 2.63. The molecule has 4 aliphatic rings. The van der Waals surface area contributed by atoms with Crippen molar-refractivity contribution < 1.29 is 47.3 Å². The largest absolute Gasteiger partial charge is 0.391 e. The van der Waals surface area contributed by atoms with Gasteiger partial charge in [0.1, 0.15) is 41.6 Å². The highest BCUT2D eigenvalue weighted by Crippen LogP contribution is 2.48. The zero-order valence-corrected chi connectivity index (χ0v) is 35.4. The molecule has 2 aromatic rings. The molecule has 0 bridgehead atoms. The lowest BCUT2D eigenvalue weighted by Crippen LogP contribution is -2.63. The van der Waals surface area contributed by atoms with Gasteiger partial charge >= 0.3 is 6.03 Å². The number of carbonyl (C=O) groups is 7. The van der Waals surface area contributed by atoms with E-state index >= 15 is 0 Å². The first-order valence-electron chi connectivity index (χ1n) is 20.1. The number of hydrogen-bond acceptors (Lipinski definition) is 9. The predicted octanol–water partition coefficient (Wildman–Crippen LogP) is 1.42. The molecule has 1 aliphatic carbocycles. The molecular weight excluding hydrogens is 821 g/mol. The normalized spacial score (nSPS) is 25.6. The molecule has 1 unspecified atom stereocenters. The van der Waals surface area contributed by atoms with E-state index in [0.29, 0.717) is 24.9 Å². The van der Waals surface area contributed by atoms with Crippen LogP contribution < -0.4 is 21.3 Å². The average molecular weight is 872 g/mol. The number of anilines is 1. The van der Waals surface area contributed by atoms with Gasteiger partial charge in [-0.2, -0.15) is 0 Å². The standard InChI is InChI=1S/C41H51ClFN7O9S/c1-22-7-5-8-26(15-22)16-30(46-40(58)45-29-11-10-27(42)17-28(29)43)35(53)47-34(25(4)51)39(57)48-12-6-9-31(48)38(56)49-13-14-60(59)21-32(49)36(54)44-24(3)37(55)50-20-23(2)18-41(50)19-33(41)52/h5,7-8,10-11,15,17,23-25,30-32,34,51H,6,9,12-14,16,18-21H2,1-4H3,(H,44,54)(H,47,53)(H2,45,46,58)/t23-,24+,25+,30+,31+,32+,34+,41-,60?/m1/s1. The molecule has 6 rings (SSSR count). The number of amides is 7. The van der Waals surface area contributed by atoms with Crippen LogP contribution in [0.1, 0.15) is 57.6 Å². The third-order valence-electron chi connectivity index (χ3n) is 11.6. The lowest BCUT2D eigenvalue weighted by Gasteiger charge is -2.39. The van der Waals surface area contributed by atoms with Crippen molar-refractivity contribution in [2.24, 2.45) is 5.92 Å². The Hall–Kier alpha value is -4.94. The zero-order chi connectivity index (χ0) is 43.6. The molecule has 3 heterocycles. The number of likely N-dealkylation sites (tertiary alicyclic amines) is 2. The van der Waals surface area contributed by atoms with Gasteiger partial charge in [-0.05, 0) is 69.7 Å². The summed E-state index contributed by atoms with van der Waals surface area (Å²) in [5.74, 6) is -4.13. The van der Waals surface area contributed by atoms with Gasteiger partial charge in [0.15, 0.2) is 5.78 Å². The highest BCUT2D eigenvalue weighted by atomic mass is 35.5. The van der Waals surface area contributed by atoms with Crippen LogP contribution in [0.15, 0.2) is 42.5 Å². The number of aliphatic hydroxyl groups excluding tert-OH is 1. The summed E-state index contributed by atoms with van der Waals surface area (Å²) in [6.45, 7) is 7.01. The van der Waals surface area contributed by atoms with E-state index in [0.717, 1.165) is 11.6 Å². The first kappa shape index (κ1) is 44.6. The summed E-state index contributed by atoms with van der Waals surface area (Å²) in [6, 6.07) is 3.64. The van der Waals surface area contributed by atoms with Crippen molar-refractivity contribution in [1.82, 2.24) is 30.7 Å². The molecule has 0 aromatic heterocycles. The Bertz CT molecular complexity index is 2090. The first-order valence-corrected chi connectivity index (χ1v) is 21.9. The monoisotopic (exact) mass is 871 g/mol. The third kappa shape index (κ3) is 9.81. The van der Waals surface area contributed by atoms with Crippen LogP contribution in [0.2, 0.25) is 5.02 Å². The fourth-order valence-electron chi connectivity index (χ4n) is 8.47. The first-order chi connectivity index (χ1) is 28.4. The molecule has 60 heavy (non-hydrogen) atoms. The fourth-order valence-corrected chi connectivity index (χ4v) is 9.88. The van der Waals surface area contributed by atoms with Gasteiger partial charge < -0.3 is 41.1 Å². The number of rotatable bonds is 12. The van der Waals surface area contributed by atoms with E-state index in [1.165, 1.54) is 40.7 Å². The summed E-state index contributed by atoms with van der Waals surface area (Å²) >= 11 is 5.84. The van der Waals surface area contributed by atoms with Crippen LogP contribution >= 0.6 is 11.6 Å². The Morgan fingerprint density at radius 2 is 1.73 bits per heavy atom. The quantitative estimate of drug-likeness (QED) is 0.208. The van der Waals surface area contributed by atoms with Crippen LogP contribution in [0.25, 0.3) is 0 Å². The molecule has 324 valence electrons. The van der Waals surface area contributed by atoms with E-state index in [1.807, 2.05) is 19.9 Å². The summed E-state index contributed by atoms with van der Waals surface area (Å²) in [5, 5.41) is 21.1. The van der Waals surface area contributed by atoms with Gasteiger partial charge in [0.25, 0.3) is 0 Å². The second-order valence-electron chi connectivity index (χ2n) is 16.4. The minimum Gasteiger partial charge on any atom is -0.391 e. The van der Waals surface area contributed by atoms with Gasteiger partial charge in [-0.15, -0.1) is 0 Å². The number of nitrogens with zero attached hydrogens (tertiary/aromatic N) is 3. The summed E-state index contributed by atoms with van der Waals surface area (Å²) in [5.41, 5.74) is 0.518. The number of Topliss-reactive ketones (excluding diaryl/α,β-unsaturated/α-hetero) is 1. The second kappa shape index (κ2) is 18.4. The van der Waals surface area contributed by atoms with E-state index in [-0.39, 0.29) is 66.3 Å². The molecule has 7 amide bonds.